The van der Waals surface area contributed by atoms with Gasteiger partial charge >= 0.3 is 0 Å². The standard InChI is InChI=1S/C11H6BrClN2O5S2/c12-9-3-4-10(21-9)22(19,20)14-11(16)7-2-1-6(15(17)18)5-8(7)13/h1-5H,(H,14,16). The first-order valence-corrected chi connectivity index (χ1v) is 8.94. The zero-order valence-corrected chi connectivity index (χ0v) is 14.4. The first-order chi connectivity index (χ1) is 10.2. The Labute approximate surface area is 142 Å². The van der Waals surface area contributed by atoms with Gasteiger partial charge in [0.05, 0.1) is 19.3 Å². The molecule has 2 rings (SSSR count). The first-order valence-electron chi connectivity index (χ1n) is 5.47. The monoisotopic (exact) mass is 424 g/mol. The number of hydrogen-bond donors (Lipinski definition) is 1. The molecule has 1 heterocycles. The lowest BCUT2D eigenvalue weighted by Gasteiger charge is -2.06. The number of carbonyl (C=O) groups excluding carboxylic acids is 1. The minimum Gasteiger partial charge on any atom is -0.268 e. The largest absolute Gasteiger partial charge is 0.273 e. The van der Waals surface area contributed by atoms with Gasteiger partial charge in [-0.3, -0.25) is 14.9 Å². The minimum atomic E-state index is -4.03. The Morgan fingerprint density at radius 1 is 1.32 bits per heavy atom. The number of nitrogens with zero attached hydrogens (tertiary/aromatic N) is 1. The Morgan fingerprint density at radius 2 is 2.00 bits per heavy atom. The van der Waals surface area contributed by atoms with E-state index in [2.05, 4.69) is 15.9 Å². The third kappa shape index (κ3) is 3.64. The van der Waals surface area contributed by atoms with Crippen LogP contribution in [0.4, 0.5) is 5.69 Å². The highest BCUT2D eigenvalue weighted by atomic mass is 79.9. The van der Waals surface area contributed by atoms with Crippen molar-refractivity contribution in [2.45, 2.75) is 4.21 Å². The Bertz CT molecular complexity index is 865. The Morgan fingerprint density at radius 3 is 2.50 bits per heavy atom. The summed E-state index contributed by atoms with van der Waals surface area (Å²) in [5.74, 6) is -0.968. The van der Waals surface area contributed by atoms with Gasteiger partial charge in [0.25, 0.3) is 21.6 Å². The molecule has 22 heavy (non-hydrogen) atoms. The van der Waals surface area contributed by atoms with Crippen LogP contribution < -0.4 is 4.72 Å². The molecule has 0 aliphatic carbocycles. The van der Waals surface area contributed by atoms with Gasteiger partial charge in [-0.15, -0.1) is 11.3 Å². The number of nitrogens with one attached hydrogen (secondary N) is 1. The topological polar surface area (TPSA) is 106 Å². The van der Waals surface area contributed by atoms with Crippen LogP contribution in [-0.2, 0) is 10.0 Å². The van der Waals surface area contributed by atoms with E-state index in [0.717, 1.165) is 29.5 Å². The lowest BCUT2D eigenvalue weighted by molar-refractivity contribution is -0.384. The SMILES string of the molecule is O=C(NS(=O)(=O)c1ccc(Br)s1)c1ccc([N+](=O)[O-])cc1Cl. The molecule has 0 aliphatic rings. The number of nitro benzene ring substituents is 1. The highest BCUT2D eigenvalue weighted by Gasteiger charge is 2.23. The number of rotatable bonds is 4. The van der Waals surface area contributed by atoms with Gasteiger partial charge in [0.2, 0.25) is 0 Å². The van der Waals surface area contributed by atoms with Crippen molar-refractivity contribution in [3.8, 4) is 0 Å². The van der Waals surface area contributed by atoms with E-state index in [4.69, 9.17) is 11.6 Å². The fourth-order valence-electron chi connectivity index (χ4n) is 1.47. The van der Waals surface area contributed by atoms with Crippen molar-refractivity contribution >= 4 is 60.5 Å². The van der Waals surface area contributed by atoms with Crippen LogP contribution in [0.3, 0.4) is 0 Å². The number of non-ortho nitro benzene ring substituents is 1. The average Bonchev–Trinajstić information content (AvgIpc) is 2.85. The van der Waals surface area contributed by atoms with Gasteiger partial charge in [0, 0.05) is 12.1 Å². The molecule has 1 aromatic carbocycles. The van der Waals surface area contributed by atoms with E-state index >= 15 is 0 Å². The van der Waals surface area contributed by atoms with Gasteiger partial charge in [-0.2, -0.15) is 0 Å². The molecule has 0 spiro atoms. The molecule has 116 valence electrons. The fourth-order valence-corrected chi connectivity index (χ4v) is 4.71. The molecule has 2 aromatic rings. The van der Waals surface area contributed by atoms with Crippen molar-refractivity contribution in [3.05, 3.63) is 54.8 Å². The number of benzene rings is 1. The Balaban J connectivity index is 2.28. The Kier molecular flexibility index (Phi) is 4.85. The molecular formula is C11H6BrClN2O5S2. The van der Waals surface area contributed by atoms with Crippen LogP contribution >= 0.6 is 38.9 Å². The molecule has 0 saturated heterocycles. The molecule has 0 unspecified atom stereocenters. The van der Waals surface area contributed by atoms with Gasteiger partial charge in [-0.1, -0.05) is 11.6 Å². The number of hydrogen-bond acceptors (Lipinski definition) is 6. The third-order valence-corrected chi connectivity index (χ3v) is 6.21. The first kappa shape index (κ1) is 16.9. The zero-order valence-electron chi connectivity index (χ0n) is 10.4. The minimum absolute atomic E-state index is 0.0502. The molecule has 0 fully saturated rings. The van der Waals surface area contributed by atoms with Crippen LogP contribution in [-0.4, -0.2) is 19.2 Å². The van der Waals surface area contributed by atoms with Crippen molar-refractivity contribution in [3.63, 3.8) is 0 Å². The van der Waals surface area contributed by atoms with E-state index < -0.39 is 20.9 Å². The van der Waals surface area contributed by atoms with E-state index in [9.17, 15) is 23.3 Å². The number of amides is 1. The molecule has 0 atom stereocenters. The predicted molar refractivity (Wildman–Crippen MR) is 84.8 cm³/mol. The van der Waals surface area contributed by atoms with Crippen molar-refractivity contribution in [1.82, 2.24) is 4.72 Å². The number of nitro groups is 1. The summed E-state index contributed by atoms with van der Waals surface area (Å²) in [4.78, 5) is 21.9. The van der Waals surface area contributed by atoms with E-state index in [0.29, 0.717) is 3.79 Å². The number of halogens is 2. The van der Waals surface area contributed by atoms with Crippen LogP contribution in [0.1, 0.15) is 10.4 Å². The summed E-state index contributed by atoms with van der Waals surface area (Å²) in [5.41, 5.74) is -0.474. The van der Waals surface area contributed by atoms with Gasteiger partial charge in [-0.05, 0) is 34.1 Å². The molecular weight excluding hydrogens is 420 g/mol. The van der Waals surface area contributed by atoms with Crippen molar-refractivity contribution in [2.24, 2.45) is 0 Å². The molecule has 1 aromatic heterocycles. The fraction of sp³-hybridized carbons (Fsp3) is 0. The molecule has 0 aliphatic heterocycles. The molecule has 7 nitrogen and oxygen atoms in total. The highest BCUT2D eigenvalue weighted by Crippen LogP contribution is 2.27. The van der Waals surface area contributed by atoms with Gasteiger partial charge < -0.3 is 0 Å². The summed E-state index contributed by atoms with van der Waals surface area (Å²) in [6.45, 7) is 0. The summed E-state index contributed by atoms with van der Waals surface area (Å²) in [5, 5.41) is 10.4. The number of thiophene rings is 1. The Hall–Kier alpha value is -1.49. The summed E-state index contributed by atoms with van der Waals surface area (Å²) >= 11 is 9.84. The lowest BCUT2D eigenvalue weighted by atomic mass is 10.2. The maximum Gasteiger partial charge on any atom is 0.273 e. The second kappa shape index (κ2) is 6.32. The maximum absolute atomic E-state index is 12.0. The van der Waals surface area contributed by atoms with Crippen LogP contribution in [0.5, 0.6) is 0 Å². The highest BCUT2D eigenvalue weighted by molar-refractivity contribution is 9.11. The van der Waals surface area contributed by atoms with Gasteiger partial charge in [-0.25, -0.2) is 13.1 Å². The molecule has 1 amide bonds. The zero-order chi connectivity index (χ0) is 16.5. The second-order valence-corrected chi connectivity index (χ2v) is 8.69. The number of carbonyl (C=O) groups is 1. The van der Waals surface area contributed by atoms with Crippen LogP contribution in [0.2, 0.25) is 5.02 Å². The summed E-state index contributed by atoms with van der Waals surface area (Å²) in [6, 6.07) is 6.00. The van der Waals surface area contributed by atoms with Gasteiger partial charge in [0.15, 0.2) is 0 Å². The predicted octanol–water partition coefficient (Wildman–Crippen LogP) is 3.19. The summed E-state index contributed by atoms with van der Waals surface area (Å²) in [7, 11) is -4.03. The number of sulfonamides is 1. The molecule has 1 N–H and O–H groups in total. The lowest BCUT2D eigenvalue weighted by Crippen LogP contribution is -2.30. The van der Waals surface area contributed by atoms with Crippen LogP contribution in [0.15, 0.2) is 38.3 Å². The van der Waals surface area contributed by atoms with Crippen LogP contribution in [0.25, 0.3) is 0 Å². The second-order valence-electron chi connectivity index (χ2n) is 3.91. The maximum atomic E-state index is 12.0. The van der Waals surface area contributed by atoms with Gasteiger partial charge in [0.1, 0.15) is 4.21 Å². The normalized spacial score (nSPS) is 11.2. The smallest absolute Gasteiger partial charge is 0.268 e. The van der Waals surface area contributed by atoms with E-state index in [-0.39, 0.29) is 20.5 Å². The third-order valence-electron chi connectivity index (χ3n) is 2.45. The van der Waals surface area contributed by atoms with E-state index in [1.807, 2.05) is 4.72 Å². The van der Waals surface area contributed by atoms with E-state index in [1.165, 1.54) is 12.1 Å². The molecule has 11 heteroatoms. The average molecular weight is 426 g/mol. The van der Waals surface area contributed by atoms with Crippen molar-refractivity contribution in [1.29, 1.82) is 0 Å². The quantitative estimate of drug-likeness (QED) is 0.598. The molecule has 0 saturated carbocycles. The van der Waals surface area contributed by atoms with Crippen molar-refractivity contribution < 1.29 is 18.1 Å². The van der Waals surface area contributed by atoms with Crippen LogP contribution in [0, 0.1) is 10.1 Å². The summed E-state index contributed by atoms with van der Waals surface area (Å²) < 4.78 is 26.4. The summed E-state index contributed by atoms with van der Waals surface area (Å²) in [6.07, 6.45) is 0. The van der Waals surface area contributed by atoms with E-state index in [1.54, 1.807) is 0 Å². The molecule has 0 radical (unpaired) electrons. The van der Waals surface area contributed by atoms with Crippen molar-refractivity contribution in [2.75, 3.05) is 0 Å². The molecule has 0 bridgehead atoms.